The molecule has 0 aliphatic carbocycles. The maximum Gasteiger partial charge on any atom is 0.336 e. The van der Waals surface area contributed by atoms with Gasteiger partial charge in [-0.05, 0) is 0 Å². The van der Waals surface area contributed by atoms with Crippen LogP contribution in [0.3, 0.4) is 0 Å². The number of carbonyl (C=O) groups is 1. The third-order valence-electron chi connectivity index (χ3n) is 2.50. The van der Waals surface area contributed by atoms with Crippen molar-refractivity contribution >= 4 is 5.97 Å². The fraction of sp³-hybridized carbons (Fsp3) is 0.600. The van der Waals surface area contributed by atoms with Crippen LogP contribution in [-0.4, -0.2) is 48.9 Å². The van der Waals surface area contributed by atoms with Crippen molar-refractivity contribution in [1.29, 1.82) is 0 Å². The Balaban J connectivity index is 1.89. The molecule has 2 heterocycles. The second-order valence-electron chi connectivity index (χ2n) is 3.65. The van der Waals surface area contributed by atoms with Gasteiger partial charge >= 0.3 is 5.97 Å². The van der Waals surface area contributed by atoms with E-state index in [0.717, 1.165) is 12.1 Å². The zero-order chi connectivity index (χ0) is 11.4. The number of rotatable bonds is 3. The Kier molecular flexibility index (Phi) is 3.53. The van der Waals surface area contributed by atoms with Crippen LogP contribution >= 0.6 is 0 Å². The molecule has 6 nitrogen and oxygen atoms in total. The lowest BCUT2D eigenvalue weighted by atomic mass is 10.2. The Morgan fingerprint density at radius 2 is 2.62 bits per heavy atom. The highest BCUT2D eigenvalue weighted by Crippen LogP contribution is 2.10. The molecule has 0 N–H and O–H groups in total. The van der Waals surface area contributed by atoms with E-state index in [9.17, 15) is 4.79 Å². The summed E-state index contributed by atoms with van der Waals surface area (Å²) in [6.07, 6.45) is 2.78. The van der Waals surface area contributed by atoms with E-state index in [0.29, 0.717) is 19.7 Å². The van der Waals surface area contributed by atoms with Crippen molar-refractivity contribution in [3.63, 3.8) is 0 Å². The molecule has 1 aliphatic heterocycles. The number of carbonyl (C=O) groups excluding carboxylic acids is 1. The molecule has 1 aliphatic rings. The molecule has 0 spiro atoms. The van der Waals surface area contributed by atoms with Crippen molar-refractivity contribution in [2.24, 2.45) is 0 Å². The first-order chi connectivity index (χ1) is 7.79. The smallest absolute Gasteiger partial charge is 0.336 e. The molecule has 1 saturated heterocycles. The minimum absolute atomic E-state index is 0.324. The monoisotopic (exact) mass is 226 g/mol. The van der Waals surface area contributed by atoms with Crippen molar-refractivity contribution in [3.05, 3.63) is 18.0 Å². The molecule has 1 fully saturated rings. The van der Waals surface area contributed by atoms with E-state index >= 15 is 0 Å². The number of aromatic nitrogens is 1. The largest absolute Gasteiger partial charge is 0.467 e. The van der Waals surface area contributed by atoms with E-state index in [1.807, 2.05) is 0 Å². The number of hydrogen-bond acceptors (Lipinski definition) is 6. The van der Waals surface area contributed by atoms with Gasteiger partial charge in [0.25, 0.3) is 0 Å². The van der Waals surface area contributed by atoms with Gasteiger partial charge in [0.05, 0.1) is 19.9 Å². The highest BCUT2D eigenvalue weighted by Gasteiger charge is 2.27. The molecule has 6 heteroatoms. The summed E-state index contributed by atoms with van der Waals surface area (Å²) >= 11 is 0. The van der Waals surface area contributed by atoms with Gasteiger partial charge in [0, 0.05) is 25.2 Å². The summed E-state index contributed by atoms with van der Waals surface area (Å²) in [5, 5.41) is 3.63. The highest BCUT2D eigenvalue weighted by molar-refractivity contribution is 5.74. The molecule has 16 heavy (non-hydrogen) atoms. The van der Waals surface area contributed by atoms with Gasteiger partial charge in [0.2, 0.25) is 0 Å². The number of nitrogens with zero attached hydrogens (tertiary/aromatic N) is 2. The van der Waals surface area contributed by atoms with E-state index in [-0.39, 0.29) is 5.97 Å². The maximum absolute atomic E-state index is 11.3. The molecule has 0 bridgehead atoms. The van der Waals surface area contributed by atoms with Crippen molar-refractivity contribution in [1.82, 2.24) is 10.1 Å². The third-order valence-corrected chi connectivity index (χ3v) is 2.50. The summed E-state index contributed by atoms with van der Waals surface area (Å²) in [5.74, 6) is -0.324. The number of morpholine rings is 1. The van der Waals surface area contributed by atoms with Gasteiger partial charge in [-0.1, -0.05) is 5.16 Å². The van der Waals surface area contributed by atoms with Crippen molar-refractivity contribution in [2.45, 2.75) is 12.6 Å². The standard InChI is InChI=1S/C10H14N2O4/c1-14-10(13)9-6-12(2-3-15-9)5-8-4-11-16-7-8/h4,7,9H,2-3,5-6H2,1H3. The predicted molar refractivity (Wildman–Crippen MR) is 53.5 cm³/mol. The Hall–Kier alpha value is -1.40. The van der Waals surface area contributed by atoms with Crippen molar-refractivity contribution in [3.8, 4) is 0 Å². The van der Waals surface area contributed by atoms with E-state index in [1.165, 1.54) is 7.11 Å². The van der Waals surface area contributed by atoms with Crippen molar-refractivity contribution < 1.29 is 18.8 Å². The van der Waals surface area contributed by atoms with Crippen LogP contribution in [0.1, 0.15) is 5.56 Å². The number of methoxy groups -OCH3 is 1. The minimum atomic E-state index is -0.487. The van der Waals surface area contributed by atoms with E-state index in [1.54, 1.807) is 12.5 Å². The molecule has 2 rings (SSSR count). The van der Waals surface area contributed by atoms with Crippen LogP contribution in [0, 0.1) is 0 Å². The normalized spacial score (nSPS) is 21.9. The molecule has 0 saturated carbocycles. The van der Waals surface area contributed by atoms with Crippen LogP contribution in [0.15, 0.2) is 17.0 Å². The summed E-state index contributed by atoms with van der Waals surface area (Å²) in [6, 6.07) is 0. The Morgan fingerprint density at radius 1 is 1.75 bits per heavy atom. The molecule has 88 valence electrons. The zero-order valence-corrected chi connectivity index (χ0v) is 9.09. The average molecular weight is 226 g/mol. The summed E-state index contributed by atoms with van der Waals surface area (Å²) in [5.41, 5.74) is 0.991. The molecule has 1 aromatic rings. The van der Waals surface area contributed by atoms with Crippen LogP contribution in [0.25, 0.3) is 0 Å². The van der Waals surface area contributed by atoms with Gasteiger partial charge < -0.3 is 14.0 Å². The van der Waals surface area contributed by atoms with Gasteiger partial charge in [-0.3, -0.25) is 4.90 Å². The van der Waals surface area contributed by atoms with Gasteiger partial charge in [0.1, 0.15) is 6.26 Å². The maximum atomic E-state index is 11.3. The molecule has 0 aromatic carbocycles. The first-order valence-corrected chi connectivity index (χ1v) is 5.09. The fourth-order valence-corrected chi connectivity index (χ4v) is 1.68. The molecule has 1 unspecified atom stereocenters. The van der Waals surface area contributed by atoms with Gasteiger partial charge in [-0.2, -0.15) is 0 Å². The van der Waals surface area contributed by atoms with Gasteiger partial charge in [0.15, 0.2) is 6.10 Å². The summed E-state index contributed by atoms with van der Waals surface area (Å²) in [7, 11) is 1.37. The third kappa shape index (κ3) is 2.59. The Labute approximate surface area is 93.1 Å². The van der Waals surface area contributed by atoms with E-state index < -0.39 is 6.10 Å². The summed E-state index contributed by atoms with van der Waals surface area (Å²) in [4.78, 5) is 13.4. The number of hydrogen-bond donors (Lipinski definition) is 0. The van der Waals surface area contributed by atoms with Crippen LogP contribution in [0.2, 0.25) is 0 Å². The first-order valence-electron chi connectivity index (χ1n) is 5.09. The Morgan fingerprint density at radius 3 is 3.31 bits per heavy atom. The average Bonchev–Trinajstić information content (AvgIpc) is 2.81. The van der Waals surface area contributed by atoms with E-state index in [2.05, 4.69) is 14.8 Å². The van der Waals surface area contributed by atoms with Crippen LogP contribution < -0.4 is 0 Å². The quantitative estimate of drug-likeness (QED) is 0.678. The van der Waals surface area contributed by atoms with Crippen LogP contribution in [0.4, 0.5) is 0 Å². The van der Waals surface area contributed by atoms with Crippen molar-refractivity contribution in [2.75, 3.05) is 26.8 Å². The number of ether oxygens (including phenoxy) is 2. The van der Waals surface area contributed by atoms with Gasteiger partial charge in [-0.15, -0.1) is 0 Å². The lowest BCUT2D eigenvalue weighted by molar-refractivity contribution is -0.160. The number of esters is 1. The lowest BCUT2D eigenvalue weighted by Crippen LogP contribution is -2.45. The lowest BCUT2D eigenvalue weighted by Gasteiger charge is -2.30. The molecule has 1 atom stereocenters. The van der Waals surface area contributed by atoms with Crippen LogP contribution in [-0.2, 0) is 20.8 Å². The SMILES string of the molecule is COC(=O)C1CN(Cc2cnoc2)CCO1. The summed E-state index contributed by atoms with van der Waals surface area (Å²) < 4.78 is 14.7. The zero-order valence-electron chi connectivity index (χ0n) is 9.09. The van der Waals surface area contributed by atoms with E-state index in [4.69, 9.17) is 9.26 Å². The molecule has 1 aromatic heterocycles. The van der Waals surface area contributed by atoms with Gasteiger partial charge in [-0.25, -0.2) is 4.79 Å². The topological polar surface area (TPSA) is 64.8 Å². The molecule has 0 radical (unpaired) electrons. The fourth-order valence-electron chi connectivity index (χ4n) is 1.68. The molecule has 0 amide bonds. The molecular weight excluding hydrogens is 212 g/mol. The summed E-state index contributed by atoms with van der Waals surface area (Å²) in [6.45, 7) is 2.57. The minimum Gasteiger partial charge on any atom is -0.467 e. The van der Waals surface area contributed by atoms with Crippen LogP contribution in [0.5, 0.6) is 0 Å². The predicted octanol–water partition coefficient (Wildman–Crippen LogP) is 0.0484. The molecular formula is C10H14N2O4. The second kappa shape index (κ2) is 5.09. The Bertz CT molecular complexity index is 339. The second-order valence-corrected chi connectivity index (χ2v) is 3.65. The highest BCUT2D eigenvalue weighted by atomic mass is 16.6. The first kappa shape index (κ1) is 11.1.